The van der Waals surface area contributed by atoms with Gasteiger partial charge in [0.25, 0.3) is 5.91 Å². The fourth-order valence-corrected chi connectivity index (χ4v) is 3.69. The Kier molecular flexibility index (Phi) is 5.99. The van der Waals surface area contributed by atoms with Crippen molar-refractivity contribution in [3.63, 3.8) is 0 Å². The first kappa shape index (κ1) is 19.7. The molecule has 0 saturated heterocycles. The largest absolute Gasteiger partial charge is 0.484 e. The standard InChI is InChI=1S/C21H23ClN4O3/c1-28-11-10-25-8-9-26-19-7-4-16(12-18(19)24-20(26)13-25)23-21(27)14-29-17-5-2-15(22)3-6-17/h2-7,12H,8-11,13-14H2,1H3,(H,23,27)/p+1. The highest BCUT2D eigenvalue weighted by Gasteiger charge is 2.22. The predicted molar refractivity (Wildman–Crippen MR) is 112 cm³/mol. The number of quaternary nitrogens is 1. The fraction of sp³-hybridized carbons (Fsp3) is 0.333. The number of benzene rings is 2. The van der Waals surface area contributed by atoms with Gasteiger partial charge >= 0.3 is 0 Å². The second kappa shape index (κ2) is 8.82. The van der Waals surface area contributed by atoms with Gasteiger partial charge in [-0.2, -0.15) is 0 Å². The van der Waals surface area contributed by atoms with Gasteiger partial charge in [-0.1, -0.05) is 11.6 Å². The van der Waals surface area contributed by atoms with Gasteiger partial charge in [0.1, 0.15) is 18.8 Å². The number of nitrogens with one attached hydrogen (secondary N) is 2. The van der Waals surface area contributed by atoms with E-state index in [4.69, 9.17) is 26.1 Å². The highest BCUT2D eigenvalue weighted by atomic mass is 35.5. The summed E-state index contributed by atoms with van der Waals surface area (Å²) in [6.07, 6.45) is 0. The number of hydrogen-bond acceptors (Lipinski definition) is 4. The molecule has 0 saturated carbocycles. The number of imidazole rings is 1. The molecule has 2 heterocycles. The van der Waals surface area contributed by atoms with Gasteiger partial charge in [-0.25, -0.2) is 4.98 Å². The Morgan fingerprint density at radius 3 is 2.90 bits per heavy atom. The summed E-state index contributed by atoms with van der Waals surface area (Å²) in [6, 6.07) is 12.7. The molecule has 3 aromatic rings. The van der Waals surface area contributed by atoms with Gasteiger partial charge in [-0.15, -0.1) is 0 Å². The predicted octanol–water partition coefficient (Wildman–Crippen LogP) is 1.75. The number of halogens is 1. The van der Waals surface area contributed by atoms with E-state index in [1.165, 1.54) is 4.90 Å². The Balaban J connectivity index is 1.40. The lowest BCUT2D eigenvalue weighted by Gasteiger charge is -2.24. The van der Waals surface area contributed by atoms with Crippen molar-refractivity contribution < 1.29 is 19.2 Å². The first-order chi connectivity index (χ1) is 14.1. The molecule has 1 aliphatic heterocycles. The zero-order valence-corrected chi connectivity index (χ0v) is 17.0. The van der Waals surface area contributed by atoms with Crippen LogP contribution in [0.15, 0.2) is 42.5 Å². The minimum Gasteiger partial charge on any atom is -0.484 e. The quantitative estimate of drug-likeness (QED) is 0.617. The van der Waals surface area contributed by atoms with E-state index < -0.39 is 0 Å². The average molecular weight is 416 g/mol. The van der Waals surface area contributed by atoms with Gasteiger partial charge in [-0.05, 0) is 42.5 Å². The van der Waals surface area contributed by atoms with Crippen molar-refractivity contribution in [3.8, 4) is 5.75 Å². The minimum atomic E-state index is -0.224. The van der Waals surface area contributed by atoms with Crippen LogP contribution in [0.1, 0.15) is 5.82 Å². The van der Waals surface area contributed by atoms with Crippen LogP contribution in [-0.2, 0) is 22.6 Å². The maximum Gasteiger partial charge on any atom is 0.262 e. The highest BCUT2D eigenvalue weighted by molar-refractivity contribution is 6.30. The lowest BCUT2D eigenvalue weighted by molar-refractivity contribution is -0.918. The van der Waals surface area contributed by atoms with Crippen LogP contribution in [-0.4, -0.2) is 48.9 Å². The lowest BCUT2D eigenvalue weighted by Crippen LogP contribution is -3.12. The molecular weight excluding hydrogens is 392 g/mol. The molecule has 1 atom stereocenters. The molecule has 1 amide bonds. The SMILES string of the molecule is COCC[NH+]1CCn2c(nc3cc(NC(=O)COc4ccc(Cl)cc4)ccc32)C1. The maximum atomic E-state index is 12.2. The topological polar surface area (TPSA) is 69.8 Å². The zero-order chi connectivity index (χ0) is 20.2. The number of carbonyl (C=O) groups excluding carboxylic acids is 1. The van der Waals surface area contributed by atoms with E-state index in [2.05, 4.69) is 9.88 Å². The number of fused-ring (bicyclic) bond motifs is 3. The molecule has 2 N–H and O–H groups in total. The molecule has 2 aromatic carbocycles. The van der Waals surface area contributed by atoms with Crippen molar-refractivity contribution in [3.05, 3.63) is 53.3 Å². The third-order valence-corrected chi connectivity index (χ3v) is 5.30. The molecule has 1 unspecified atom stereocenters. The molecule has 0 aliphatic carbocycles. The van der Waals surface area contributed by atoms with Crippen LogP contribution in [0.4, 0.5) is 5.69 Å². The monoisotopic (exact) mass is 415 g/mol. The number of carbonyl (C=O) groups is 1. The summed E-state index contributed by atoms with van der Waals surface area (Å²) in [5.74, 6) is 1.45. The summed E-state index contributed by atoms with van der Waals surface area (Å²) in [6.45, 7) is 4.54. The van der Waals surface area contributed by atoms with Crippen LogP contribution < -0.4 is 15.0 Å². The molecule has 7 nitrogen and oxygen atoms in total. The maximum absolute atomic E-state index is 12.2. The first-order valence-corrected chi connectivity index (χ1v) is 10.00. The molecule has 152 valence electrons. The van der Waals surface area contributed by atoms with Crippen LogP contribution in [0.5, 0.6) is 5.75 Å². The molecule has 0 spiro atoms. The second-order valence-corrected chi connectivity index (χ2v) is 7.53. The Bertz CT molecular complexity index is 1000. The average Bonchev–Trinajstić information content (AvgIpc) is 3.08. The summed E-state index contributed by atoms with van der Waals surface area (Å²) < 4.78 is 12.9. The number of nitrogens with zero attached hydrogens (tertiary/aromatic N) is 2. The van der Waals surface area contributed by atoms with E-state index in [1.54, 1.807) is 31.4 Å². The third-order valence-electron chi connectivity index (χ3n) is 5.05. The lowest BCUT2D eigenvalue weighted by atomic mass is 10.2. The van der Waals surface area contributed by atoms with E-state index in [-0.39, 0.29) is 12.5 Å². The molecule has 1 aliphatic rings. The van der Waals surface area contributed by atoms with Gasteiger partial charge in [0.2, 0.25) is 0 Å². The molecule has 0 fully saturated rings. The molecule has 29 heavy (non-hydrogen) atoms. The fourth-order valence-electron chi connectivity index (χ4n) is 3.56. The van der Waals surface area contributed by atoms with Crippen molar-refractivity contribution in [1.82, 2.24) is 9.55 Å². The summed E-state index contributed by atoms with van der Waals surface area (Å²) in [5, 5.41) is 3.50. The van der Waals surface area contributed by atoms with Crippen LogP contribution in [0.3, 0.4) is 0 Å². The molecular formula is C21H24ClN4O3+. The Labute approximate surface area is 174 Å². The number of amides is 1. The first-order valence-electron chi connectivity index (χ1n) is 9.62. The van der Waals surface area contributed by atoms with Crippen LogP contribution in [0.25, 0.3) is 11.0 Å². The van der Waals surface area contributed by atoms with Crippen molar-refractivity contribution >= 4 is 34.2 Å². The van der Waals surface area contributed by atoms with Crippen LogP contribution >= 0.6 is 11.6 Å². The van der Waals surface area contributed by atoms with Crippen molar-refractivity contribution in [2.45, 2.75) is 13.1 Å². The number of aromatic nitrogens is 2. The minimum absolute atomic E-state index is 0.0722. The number of anilines is 1. The van der Waals surface area contributed by atoms with Crippen LogP contribution in [0, 0.1) is 0 Å². The highest BCUT2D eigenvalue weighted by Crippen LogP contribution is 2.21. The smallest absolute Gasteiger partial charge is 0.262 e. The summed E-state index contributed by atoms with van der Waals surface area (Å²) in [4.78, 5) is 18.5. The summed E-state index contributed by atoms with van der Waals surface area (Å²) in [7, 11) is 1.73. The number of rotatable bonds is 7. The normalized spacial score (nSPS) is 15.9. The van der Waals surface area contributed by atoms with Gasteiger partial charge in [0.05, 0.1) is 30.7 Å². The molecule has 0 bridgehead atoms. The molecule has 8 heteroatoms. The Morgan fingerprint density at radius 2 is 2.10 bits per heavy atom. The van der Waals surface area contributed by atoms with E-state index in [9.17, 15) is 4.79 Å². The van der Waals surface area contributed by atoms with E-state index in [1.807, 2.05) is 18.2 Å². The molecule has 1 aromatic heterocycles. The third kappa shape index (κ3) is 4.70. The summed E-state index contributed by atoms with van der Waals surface area (Å²) >= 11 is 5.85. The van der Waals surface area contributed by atoms with E-state index in [0.717, 1.165) is 49.6 Å². The molecule has 4 rings (SSSR count). The summed E-state index contributed by atoms with van der Waals surface area (Å²) in [5.41, 5.74) is 2.70. The Morgan fingerprint density at radius 1 is 1.28 bits per heavy atom. The van der Waals surface area contributed by atoms with Gasteiger partial charge in [0.15, 0.2) is 12.4 Å². The van der Waals surface area contributed by atoms with E-state index >= 15 is 0 Å². The van der Waals surface area contributed by atoms with Gasteiger partial charge in [-0.3, -0.25) is 4.79 Å². The van der Waals surface area contributed by atoms with Crippen molar-refractivity contribution in [1.29, 1.82) is 0 Å². The zero-order valence-electron chi connectivity index (χ0n) is 16.3. The second-order valence-electron chi connectivity index (χ2n) is 7.09. The number of methoxy groups -OCH3 is 1. The number of ether oxygens (including phenoxy) is 2. The molecule has 0 radical (unpaired) electrons. The Hall–Kier alpha value is -2.61. The van der Waals surface area contributed by atoms with E-state index in [0.29, 0.717) is 16.5 Å². The van der Waals surface area contributed by atoms with Crippen molar-refractivity contribution in [2.75, 3.05) is 38.7 Å². The van der Waals surface area contributed by atoms with Gasteiger partial charge in [0, 0.05) is 17.8 Å². The number of hydrogen-bond donors (Lipinski definition) is 2. The van der Waals surface area contributed by atoms with Crippen molar-refractivity contribution in [2.24, 2.45) is 0 Å². The van der Waals surface area contributed by atoms with Gasteiger partial charge < -0.3 is 24.3 Å². The van der Waals surface area contributed by atoms with Crippen LogP contribution in [0.2, 0.25) is 5.02 Å².